The van der Waals surface area contributed by atoms with Crippen LogP contribution in [0.2, 0.25) is 5.02 Å². The van der Waals surface area contributed by atoms with Crippen LogP contribution in [0.1, 0.15) is 6.92 Å². The molecule has 0 unspecified atom stereocenters. The number of nitrogens with one attached hydrogen (secondary N) is 1. The number of carbonyl (C=O) groups excluding carboxylic acids is 1. The molecule has 0 fully saturated rings. The van der Waals surface area contributed by atoms with E-state index in [1.54, 1.807) is 24.3 Å². The summed E-state index contributed by atoms with van der Waals surface area (Å²) >= 11 is 5.91. The number of para-hydroxylation sites is 1. The largest absolute Gasteiger partial charge is 0.324 e. The van der Waals surface area contributed by atoms with Crippen LogP contribution in [0.4, 0.5) is 10.1 Å². The van der Waals surface area contributed by atoms with E-state index < -0.39 is 26.8 Å². The summed E-state index contributed by atoms with van der Waals surface area (Å²) in [6.07, 6.45) is 0. The maximum atomic E-state index is 13.2. The molecule has 0 saturated carbocycles. The van der Waals surface area contributed by atoms with Gasteiger partial charge in [-0.1, -0.05) is 29.8 Å². The van der Waals surface area contributed by atoms with Crippen LogP contribution < -0.4 is 5.32 Å². The Morgan fingerprint density at radius 1 is 1.18 bits per heavy atom. The summed E-state index contributed by atoms with van der Waals surface area (Å²) in [7, 11) is -3.99. The van der Waals surface area contributed by atoms with Crippen molar-refractivity contribution in [3.05, 3.63) is 59.4 Å². The van der Waals surface area contributed by atoms with Crippen LogP contribution in [0.3, 0.4) is 0 Å². The second-order valence-corrected chi connectivity index (χ2v) is 7.29. The van der Waals surface area contributed by atoms with Crippen molar-refractivity contribution in [2.24, 2.45) is 0 Å². The molecule has 4 nitrogen and oxygen atoms in total. The molecule has 2 aromatic rings. The first kappa shape index (κ1) is 16.5. The summed E-state index contributed by atoms with van der Waals surface area (Å²) in [6, 6.07) is 11.0. The lowest BCUT2D eigenvalue weighted by Crippen LogP contribution is -2.32. The molecule has 0 aliphatic heterocycles. The van der Waals surface area contributed by atoms with E-state index in [1.807, 2.05) is 0 Å². The fourth-order valence-corrected chi connectivity index (χ4v) is 3.26. The Kier molecular flexibility index (Phi) is 4.83. The number of benzene rings is 2. The quantitative estimate of drug-likeness (QED) is 0.928. The second-order valence-electron chi connectivity index (χ2n) is 4.61. The molecule has 0 aromatic heterocycles. The average molecular weight is 342 g/mol. The summed E-state index contributed by atoms with van der Waals surface area (Å²) in [6.45, 7) is 1.24. The van der Waals surface area contributed by atoms with Crippen LogP contribution in [-0.4, -0.2) is 19.6 Å². The number of amides is 1. The smallest absolute Gasteiger partial charge is 0.242 e. The van der Waals surface area contributed by atoms with E-state index in [-0.39, 0.29) is 4.90 Å². The van der Waals surface area contributed by atoms with Crippen LogP contribution in [0.15, 0.2) is 53.4 Å². The van der Waals surface area contributed by atoms with Gasteiger partial charge in [-0.15, -0.1) is 0 Å². The summed E-state index contributed by atoms with van der Waals surface area (Å²) in [4.78, 5) is 11.9. The van der Waals surface area contributed by atoms with Gasteiger partial charge in [0, 0.05) is 0 Å². The standard InChI is InChI=1S/C15H13ClFNO3S/c1-10(15(19)18-14-8-3-2-7-13(14)16)22(20,21)12-6-4-5-11(17)9-12/h2-10H,1H3,(H,18,19)/t10-/m1/s1. The topological polar surface area (TPSA) is 63.2 Å². The number of carbonyl (C=O) groups is 1. The van der Waals surface area contributed by atoms with Gasteiger partial charge in [0.05, 0.1) is 15.6 Å². The van der Waals surface area contributed by atoms with Crippen LogP contribution in [0, 0.1) is 5.82 Å². The molecule has 1 N–H and O–H groups in total. The molecular formula is C15H13ClFNO3S. The summed E-state index contributed by atoms with van der Waals surface area (Å²) < 4.78 is 37.9. The van der Waals surface area contributed by atoms with Crippen molar-refractivity contribution in [2.45, 2.75) is 17.1 Å². The average Bonchev–Trinajstić information content (AvgIpc) is 2.48. The van der Waals surface area contributed by atoms with Crippen molar-refractivity contribution in [3.63, 3.8) is 0 Å². The van der Waals surface area contributed by atoms with E-state index >= 15 is 0 Å². The number of anilines is 1. The lowest BCUT2D eigenvalue weighted by atomic mass is 10.3. The molecule has 0 saturated heterocycles. The highest BCUT2D eigenvalue weighted by atomic mass is 35.5. The normalized spacial score (nSPS) is 12.7. The van der Waals surface area contributed by atoms with Gasteiger partial charge in [-0.3, -0.25) is 4.79 Å². The number of hydrogen-bond donors (Lipinski definition) is 1. The van der Waals surface area contributed by atoms with Gasteiger partial charge >= 0.3 is 0 Å². The van der Waals surface area contributed by atoms with Gasteiger partial charge in [0.2, 0.25) is 5.91 Å². The van der Waals surface area contributed by atoms with E-state index in [9.17, 15) is 17.6 Å². The molecular weight excluding hydrogens is 329 g/mol. The molecule has 1 amide bonds. The minimum absolute atomic E-state index is 0.241. The van der Waals surface area contributed by atoms with E-state index in [1.165, 1.54) is 19.1 Å². The predicted molar refractivity (Wildman–Crippen MR) is 83.1 cm³/mol. The monoisotopic (exact) mass is 341 g/mol. The lowest BCUT2D eigenvalue weighted by molar-refractivity contribution is -0.115. The van der Waals surface area contributed by atoms with E-state index in [4.69, 9.17) is 11.6 Å². The molecule has 2 aromatic carbocycles. The fraction of sp³-hybridized carbons (Fsp3) is 0.133. The third kappa shape index (κ3) is 3.45. The highest BCUT2D eigenvalue weighted by molar-refractivity contribution is 7.92. The minimum Gasteiger partial charge on any atom is -0.324 e. The van der Waals surface area contributed by atoms with Gasteiger partial charge in [0.25, 0.3) is 0 Å². The Morgan fingerprint density at radius 2 is 1.86 bits per heavy atom. The summed E-state index contributed by atoms with van der Waals surface area (Å²) in [5.74, 6) is -1.42. The Bertz CT molecular complexity index is 808. The third-order valence-corrected chi connectivity index (χ3v) is 5.48. The molecule has 0 aliphatic rings. The van der Waals surface area contributed by atoms with Crippen molar-refractivity contribution in [1.29, 1.82) is 0 Å². The first-order valence-electron chi connectivity index (χ1n) is 6.37. The Morgan fingerprint density at radius 3 is 2.50 bits per heavy atom. The first-order chi connectivity index (χ1) is 10.3. The lowest BCUT2D eigenvalue weighted by Gasteiger charge is -2.14. The van der Waals surface area contributed by atoms with Crippen LogP contribution in [0.5, 0.6) is 0 Å². The highest BCUT2D eigenvalue weighted by Crippen LogP contribution is 2.23. The zero-order chi connectivity index (χ0) is 16.3. The first-order valence-corrected chi connectivity index (χ1v) is 8.29. The maximum absolute atomic E-state index is 13.2. The summed E-state index contributed by atoms with van der Waals surface area (Å²) in [5, 5.41) is 1.37. The van der Waals surface area contributed by atoms with Gasteiger partial charge < -0.3 is 5.32 Å². The van der Waals surface area contributed by atoms with Gasteiger partial charge in [0.15, 0.2) is 9.84 Å². The molecule has 116 valence electrons. The molecule has 22 heavy (non-hydrogen) atoms. The third-order valence-electron chi connectivity index (χ3n) is 3.09. The number of hydrogen-bond acceptors (Lipinski definition) is 3. The van der Waals surface area contributed by atoms with Gasteiger partial charge in [-0.25, -0.2) is 12.8 Å². The zero-order valence-electron chi connectivity index (χ0n) is 11.6. The molecule has 0 spiro atoms. The van der Waals surface area contributed by atoms with E-state index in [2.05, 4.69) is 5.32 Å². The fourth-order valence-electron chi connectivity index (χ4n) is 1.79. The predicted octanol–water partition coefficient (Wildman–Crippen LogP) is 3.28. The van der Waals surface area contributed by atoms with Crippen LogP contribution in [0.25, 0.3) is 0 Å². The van der Waals surface area contributed by atoms with Crippen molar-refractivity contribution in [2.75, 3.05) is 5.32 Å². The van der Waals surface area contributed by atoms with Crippen molar-refractivity contribution >= 4 is 33.0 Å². The van der Waals surface area contributed by atoms with Crippen molar-refractivity contribution < 1.29 is 17.6 Å². The maximum Gasteiger partial charge on any atom is 0.242 e. The molecule has 1 atom stereocenters. The van der Waals surface area contributed by atoms with Gasteiger partial charge in [-0.05, 0) is 37.3 Å². The number of halogens is 2. The SMILES string of the molecule is C[C@H](C(=O)Nc1ccccc1Cl)S(=O)(=O)c1cccc(F)c1. The minimum atomic E-state index is -3.99. The Balaban J connectivity index is 2.25. The van der Waals surface area contributed by atoms with Crippen LogP contribution in [-0.2, 0) is 14.6 Å². The molecule has 7 heteroatoms. The molecule has 0 aliphatic carbocycles. The molecule has 0 bridgehead atoms. The van der Waals surface area contributed by atoms with E-state index in [0.29, 0.717) is 10.7 Å². The van der Waals surface area contributed by atoms with Crippen molar-refractivity contribution in [1.82, 2.24) is 0 Å². The second kappa shape index (κ2) is 6.46. The Hall–Kier alpha value is -1.92. The molecule has 2 rings (SSSR count). The highest BCUT2D eigenvalue weighted by Gasteiger charge is 2.30. The summed E-state index contributed by atoms with van der Waals surface area (Å²) in [5.41, 5.74) is 0.315. The zero-order valence-corrected chi connectivity index (χ0v) is 13.2. The number of rotatable bonds is 4. The van der Waals surface area contributed by atoms with Crippen LogP contribution >= 0.6 is 11.6 Å². The van der Waals surface area contributed by atoms with E-state index in [0.717, 1.165) is 12.1 Å². The van der Waals surface area contributed by atoms with Gasteiger partial charge in [0.1, 0.15) is 11.1 Å². The molecule has 0 heterocycles. The Labute approximate surface area is 132 Å². The van der Waals surface area contributed by atoms with Crippen molar-refractivity contribution in [3.8, 4) is 0 Å². The number of sulfone groups is 1. The molecule has 0 radical (unpaired) electrons. The van der Waals surface area contributed by atoms with Gasteiger partial charge in [-0.2, -0.15) is 0 Å².